The summed E-state index contributed by atoms with van der Waals surface area (Å²) in [5, 5.41) is 39.9. The molecule has 9 heteroatoms. The Kier molecular flexibility index (Phi) is 5.49. The number of nitriles is 4. The first-order valence-corrected chi connectivity index (χ1v) is 8.54. The van der Waals surface area contributed by atoms with Crippen LogP contribution in [-0.4, -0.2) is 36.1 Å². The minimum Gasteiger partial charge on any atom is -0.466 e. The number of rotatable bonds is 3. The first kappa shape index (κ1) is 21.2. The highest BCUT2D eigenvalue weighted by Crippen LogP contribution is 2.55. The average molecular weight is 391 g/mol. The molecular formula is C20H17N5O4. The SMILES string of the molecule is COC(=O)C1=C(C(=O)OC(C)C)N2C(C)=CC=CC2C(C#N)(C#N)C1(C#N)C#N. The molecule has 9 nitrogen and oxygen atoms in total. The van der Waals surface area contributed by atoms with Crippen molar-refractivity contribution < 1.29 is 19.1 Å². The van der Waals surface area contributed by atoms with Crippen molar-refractivity contribution in [2.75, 3.05) is 7.11 Å². The van der Waals surface area contributed by atoms with Crippen LogP contribution in [0.15, 0.2) is 35.2 Å². The Morgan fingerprint density at radius 1 is 1.10 bits per heavy atom. The molecule has 146 valence electrons. The second-order valence-corrected chi connectivity index (χ2v) is 6.68. The van der Waals surface area contributed by atoms with Gasteiger partial charge < -0.3 is 14.4 Å². The van der Waals surface area contributed by atoms with Gasteiger partial charge in [-0.25, -0.2) is 9.59 Å². The van der Waals surface area contributed by atoms with E-state index in [2.05, 4.69) is 0 Å². The van der Waals surface area contributed by atoms with Crippen LogP contribution in [0.4, 0.5) is 0 Å². The highest BCUT2D eigenvalue weighted by atomic mass is 16.5. The van der Waals surface area contributed by atoms with Gasteiger partial charge in [-0.2, -0.15) is 21.0 Å². The Bertz CT molecular complexity index is 995. The molecule has 2 aliphatic rings. The fourth-order valence-electron chi connectivity index (χ4n) is 3.52. The number of methoxy groups -OCH3 is 1. The highest BCUT2D eigenvalue weighted by Gasteiger charge is 2.69. The summed E-state index contributed by atoms with van der Waals surface area (Å²) >= 11 is 0. The molecule has 2 aliphatic heterocycles. The van der Waals surface area contributed by atoms with Crippen LogP contribution in [-0.2, 0) is 19.1 Å². The average Bonchev–Trinajstić information content (AvgIpc) is 2.71. The smallest absolute Gasteiger partial charge is 0.355 e. The second-order valence-electron chi connectivity index (χ2n) is 6.68. The molecule has 0 saturated heterocycles. The summed E-state index contributed by atoms with van der Waals surface area (Å²) in [6.07, 6.45) is 4.00. The van der Waals surface area contributed by atoms with E-state index in [9.17, 15) is 30.6 Å². The lowest BCUT2D eigenvalue weighted by Gasteiger charge is -2.49. The summed E-state index contributed by atoms with van der Waals surface area (Å²) in [5.41, 5.74) is -5.61. The van der Waals surface area contributed by atoms with E-state index in [0.717, 1.165) is 7.11 Å². The van der Waals surface area contributed by atoms with Crippen molar-refractivity contribution >= 4 is 11.9 Å². The van der Waals surface area contributed by atoms with Crippen molar-refractivity contribution in [3.8, 4) is 24.3 Å². The predicted molar refractivity (Wildman–Crippen MR) is 96.1 cm³/mol. The molecule has 0 aromatic heterocycles. The zero-order chi connectivity index (χ0) is 22.0. The molecule has 0 radical (unpaired) electrons. The number of esters is 2. The summed E-state index contributed by atoms with van der Waals surface area (Å²) in [7, 11) is 1.01. The minimum absolute atomic E-state index is 0.405. The molecule has 0 fully saturated rings. The summed E-state index contributed by atoms with van der Waals surface area (Å²) in [4.78, 5) is 27.0. The first-order chi connectivity index (χ1) is 13.7. The number of carbonyl (C=O) groups is 2. The van der Waals surface area contributed by atoms with Crippen molar-refractivity contribution in [1.29, 1.82) is 21.0 Å². The van der Waals surface area contributed by atoms with Crippen molar-refractivity contribution in [2.45, 2.75) is 32.9 Å². The van der Waals surface area contributed by atoms with E-state index in [4.69, 9.17) is 9.47 Å². The lowest BCUT2D eigenvalue weighted by Crippen LogP contribution is -2.61. The molecule has 0 bridgehead atoms. The molecule has 1 atom stereocenters. The van der Waals surface area contributed by atoms with E-state index >= 15 is 0 Å². The largest absolute Gasteiger partial charge is 0.466 e. The monoisotopic (exact) mass is 391 g/mol. The molecule has 2 heterocycles. The Labute approximate surface area is 167 Å². The Morgan fingerprint density at radius 3 is 2.14 bits per heavy atom. The summed E-state index contributed by atoms with van der Waals surface area (Å²) in [6, 6.07) is 5.66. The van der Waals surface area contributed by atoms with Crippen molar-refractivity contribution in [2.24, 2.45) is 10.8 Å². The van der Waals surface area contributed by atoms with Gasteiger partial charge in [-0.1, -0.05) is 12.2 Å². The first-order valence-electron chi connectivity index (χ1n) is 8.54. The molecule has 0 aliphatic carbocycles. The number of hydrogen-bond acceptors (Lipinski definition) is 9. The van der Waals surface area contributed by atoms with Gasteiger partial charge in [-0.05, 0) is 26.8 Å². The third-order valence-corrected chi connectivity index (χ3v) is 4.79. The second kappa shape index (κ2) is 7.50. The van der Waals surface area contributed by atoms with Crippen molar-refractivity contribution in [1.82, 2.24) is 4.90 Å². The maximum Gasteiger partial charge on any atom is 0.355 e. The van der Waals surface area contributed by atoms with Gasteiger partial charge in [0.15, 0.2) is 0 Å². The number of ether oxygens (including phenoxy) is 2. The van der Waals surface area contributed by atoms with Crippen LogP contribution in [0.5, 0.6) is 0 Å². The maximum atomic E-state index is 13.0. The molecule has 0 aromatic rings. The van der Waals surface area contributed by atoms with Crippen molar-refractivity contribution in [3.05, 3.63) is 35.2 Å². The van der Waals surface area contributed by atoms with Gasteiger partial charge in [-0.3, -0.25) is 0 Å². The molecule has 0 saturated carbocycles. The fourth-order valence-corrected chi connectivity index (χ4v) is 3.52. The van der Waals surface area contributed by atoms with Crippen molar-refractivity contribution in [3.63, 3.8) is 0 Å². The number of allylic oxidation sites excluding steroid dienone is 3. The number of nitrogens with zero attached hydrogens (tertiary/aromatic N) is 5. The van der Waals surface area contributed by atoms with Gasteiger partial charge >= 0.3 is 11.9 Å². The topological polar surface area (TPSA) is 151 Å². The Morgan fingerprint density at radius 2 is 1.69 bits per heavy atom. The summed E-state index contributed by atoms with van der Waals surface area (Å²) < 4.78 is 9.99. The van der Waals surface area contributed by atoms with Crippen LogP contribution in [0.3, 0.4) is 0 Å². The van der Waals surface area contributed by atoms with Crippen LogP contribution in [0.25, 0.3) is 0 Å². The van der Waals surface area contributed by atoms with Gasteiger partial charge in [0.25, 0.3) is 0 Å². The molecule has 0 spiro atoms. The molecule has 0 N–H and O–H groups in total. The van der Waals surface area contributed by atoms with Crippen LogP contribution in [0.1, 0.15) is 20.8 Å². The van der Waals surface area contributed by atoms with E-state index in [-0.39, 0.29) is 0 Å². The zero-order valence-corrected chi connectivity index (χ0v) is 16.3. The van der Waals surface area contributed by atoms with Gasteiger partial charge in [0, 0.05) is 5.70 Å². The molecule has 29 heavy (non-hydrogen) atoms. The highest BCUT2D eigenvalue weighted by molar-refractivity contribution is 6.03. The molecule has 1 unspecified atom stereocenters. The van der Waals surface area contributed by atoms with Gasteiger partial charge in [0.05, 0.1) is 43.5 Å². The van der Waals surface area contributed by atoms with Crippen LogP contribution in [0.2, 0.25) is 0 Å². The lowest BCUT2D eigenvalue weighted by molar-refractivity contribution is -0.147. The normalized spacial score (nSPS) is 20.9. The van der Waals surface area contributed by atoms with E-state index in [1.165, 1.54) is 11.0 Å². The Balaban J connectivity index is 3.11. The third-order valence-electron chi connectivity index (χ3n) is 4.79. The van der Waals surface area contributed by atoms with E-state index in [1.54, 1.807) is 57.2 Å². The molecular weight excluding hydrogens is 374 g/mol. The number of hydrogen-bond donors (Lipinski definition) is 0. The molecule has 0 aromatic carbocycles. The Hall–Kier alpha value is -4.08. The van der Waals surface area contributed by atoms with Crippen LogP contribution < -0.4 is 0 Å². The van der Waals surface area contributed by atoms with E-state index < -0.39 is 46.2 Å². The standard InChI is InChI=1S/C20H17N5O4/c1-12(2)29-18(27)16-15(17(26)28-4)20(10-23,11-24)19(8-21,9-22)14-7-5-6-13(3)25(14)16/h5-7,12,14H,1-4H3. The minimum atomic E-state index is -2.60. The molecule has 2 rings (SSSR count). The fraction of sp³-hybridized carbons (Fsp3) is 0.400. The maximum absolute atomic E-state index is 13.0. The lowest BCUT2D eigenvalue weighted by atomic mass is 9.55. The summed E-state index contributed by atoms with van der Waals surface area (Å²) in [6.45, 7) is 4.78. The molecule has 0 amide bonds. The number of carbonyl (C=O) groups excluding carboxylic acids is 2. The predicted octanol–water partition coefficient (Wildman–Crippen LogP) is 1.59. The number of fused-ring (bicyclic) bond motifs is 1. The van der Waals surface area contributed by atoms with Gasteiger partial charge in [0.1, 0.15) is 11.3 Å². The zero-order valence-electron chi connectivity index (χ0n) is 16.3. The quantitative estimate of drug-likeness (QED) is 0.653. The van der Waals surface area contributed by atoms with Gasteiger partial charge in [0.2, 0.25) is 10.8 Å². The van der Waals surface area contributed by atoms with Crippen LogP contribution in [0, 0.1) is 56.2 Å². The van der Waals surface area contributed by atoms with Gasteiger partial charge in [-0.15, -0.1) is 0 Å². The van der Waals surface area contributed by atoms with Crippen LogP contribution >= 0.6 is 0 Å². The van der Waals surface area contributed by atoms with E-state index in [0.29, 0.717) is 5.70 Å². The van der Waals surface area contributed by atoms with E-state index in [1.807, 2.05) is 0 Å². The summed E-state index contributed by atoms with van der Waals surface area (Å²) in [5.74, 6) is -2.16. The third kappa shape index (κ3) is 2.73.